The lowest BCUT2D eigenvalue weighted by molar-refractivity contribution is -0.126. The van der Waals surface area contributed by atoms with Gasteiger partial charge in [-0.1, -0.05) is 61.8 Å². The van der Waals surface area contributed by atoms with E-state index in [9.17, 15) is 4.79 Å². The first kappa shape index (κ1) is 22.8. The van der Waals surface area contributed by atoms with Crippen LogP contribution in [-0.4, -0.2) is 32.1 Å². The largest absolute Gasteiger partial charge is 0.334 e. The van der Waals surface area contributed by atoms with E-state index in [4.69, 9.17) is 11.6 Å². The Bertz CT molecular complexity index is 1010. The molecule has 0 saturated heterocycles. The van der Waals surface area contributed by atoms with E-state index in [0.29, 0.717) is 24.2 Å². The van der Waals surface area contributed by atoms with E-state index in [-0.39, 0.29) is 5.91 Å². The fourth-order valence-corrected chi connectivity index (χ4v) is 3.68. The number of aromatic nitrogens is 3. The SMILES string of the molecule is Cc1nn(CC(C)C)c(Cl)c1/C=C/C(=O)N(CCc1ccccc1)Cc1cccnc1. The normalized spacial score (nSPS) is 11.4. The Labute approximate surface area is 189 Å². The fraction of sp³-hybridized carbons (Fsp3) is 0.320. The first-order chi connectivity index (χ1) is 14.9. The molecule has 31 heavy (non-hydrogen) atoms. The van der Waals surface area contributed by atoms with Crippen molar-refractivity contribution in [3.63, 3.8) is 0 Å². The predicted octanol–water partition coefficient (Wildman–Crippen LogP) is 5.18. The van der Waals surface area contributed by atoms with Gasteiger partial charge in [0.1, 0.15) is 5.15 Å². The second-order valence-corrected chi connectivity index (χ2v) is 8.41. The summed E-state index contributed by atoms with van der Waals surface area (Å²) >= 11 is 6.52. The van der Waals surface area contributed by atoms with Crippen molar-refractivity contribution < 1.29 is 4.79 Å². The molecule has 1 aromatic carbocycles. The Balaban J connectivity index is 1.76. The first-order valence-corrected chi connectivity index (χ1v) is 10.9. The molecule has 1 amide bonds. The van der Waals surface area contributed by atoms with Crippen molar-refractivity contribution in [2.75, 3.05) is 6.54 Å². The summed E-state index contributed by atoms with van der Waals surface area (Å²) in [6.07, 6.45) is 7.69. The molecule has 0 unspecified atom stereocenters. The summed E-state index contributed by atoms with van der Waals surface area (Å²) in [6.45, 7) is 8.01. The van der Waals surface area contributed by atoms with Gasteiger partial charge in [0.05, 0.1) is 5.69 Å². The highest BCUT2D eigenvalue weighted by atomic mass is 35.5. The smallest absolute Gasteiger partial charge is 0.246 e. The summed E-state index contributed by atoms with van der Waals surface area (Å²) in [6, 6.07) is 14.1. The van der Waals surface area contributed by atoms with E-state index in [1.54, 1.807) is 29.2 Å². The van der Waals surface area contributed by atoms with Gasteiger partial charge in [-0.15, -0.1) is 0 Å². The molecule has 0 aliphatic carbocycles. The molecular weight excluding hydrogens is 408 g/mol. The maximum Gasteiger partial charge on any atom is 0.246 e. The molecule has 0 aliphatic rings. The van der Waals surface area contributed by atoms with Crippen LogP contribution in [0.2, 0.25) is 5.15 Å². The zero-order valence-electron chi connectivity index (χ0n) is 18.3. The first-order valence-electron chi connectivity index (χ1n) is 10.6. The molecular formula is C25H29ClN4O. The second-order valence-electron chi connectivity index (χ2n) is 8.06. The number of carbonyl (C=O) groups excluding carboxylic acids is 1. The minimum Gasteiger partial charge on any atom is -0.334 e. The van der Waals surface area contributed by atoms with Crippen LogP contribution in [0.3, 0.4) is 0 Å². The zero-order valence-corrected chi connectivity index (χ0v) is 19.1. The van der Waals surface area contributed by atoms with Crippen molar-refractivity contribution in [2.24, 2.45) is 5.92 Å². The van der Waals surface area contributed by atoms with Crippen LogP contribution in [-0.2, 0) is 24.3 Å². The van der Waals surface area contributed by atoms with Crippen LogP contribution in [0.15, 0.2) is 60.9 Å². The number of pyridine rings is 1. The van der Waals surface area contributed by atoms with Crippen LogP contribution in [0, 0.1) is 12.8 Å². The molecule has 3 rings (SSSR count). The number of aryl methyl sites for hydroxylation is 1. The van der Waals surface area contributed by atoms with Gasteiger partial charge in [0.25, 0.3) is 0 Å². The van der Waals surface area contributed by atoms with Gasteiger partial charge in [-0.3, -0.25) is 14.5 Å². The van der Waals surface area contributed by atoms with Gasteiger partial charge in [0.2, 0.25) is 5.91 Å². The standard InChI is InChI=1S/C25H29ClN4O/c1-19(2)17-30-25(26)23(20(3)28-30)11-12-24(31)29(18-22-10-7-14-27-16-22)15-13-21-8-5-4-6-9-21/h4-12,14,16,19H,13,15,17-18H2,1-3H3/b12-11+. The lowest BCUT2D eigenvalue weighted by atomic mass is 10.1. The number of halogens is 1. The summed E-state index contributed by atoms with van der Waals surface area (Å²) < 4.78 is 1.80. The molecule has 2 heterocycles. The molecule has 0 saturated carbocycles. The van der Waals surface area contributed by atoms with Crippen molar-refractivity contribution >= 4 is 23.6 Å². The van der Waals surface area contributed by atoms with Gasteiger partial charge >= 0.3 is 0 Å². The van der Waals surface area contributed by atoms with Crippen LogP contribution >= 0.6 is 11.6 Å². The number of benzene rings is 1. The number of hydrogen-bond acceptors (Lipinski definition) is 3. The highest BCUT2D eigenvalue weighted by Crippen LogP contribution is 2.22. The van der Waals surface area contributed by atoms with E-state index in [2.05, 4.69) is 36.1 Å². The third-order valence-electron chi connectivity index (χ3n) is 4.96. The number of amides is 1. The monoisotopic (exact) mass is 436 g/mol. The number of hydrogen-bond donors (Lipinski definition) is 0. The highest BCUT2D eigenvalue weighted by Gasteiger charge is 2.15. The quantitative estimate of drug-likeness (QED) is 0.434. The lowest BCUT2D eigenvalue weighted by Crippen LogP contribution is -2.31. The number of nitrogens with zero attached hydrogens (tertiary/aromatic N) is 4. The number of rotatable bonds is 9. The maximum atomic E-state index is 13.1. The van der Waals surface area contributed by atoms with Crippen LogP contribution in [0.4, 0.5) is 0 Å². The predicted molar refractivity (Wildman–Crippen MR) is 126 cm³/mol. The average Bonchev–Trinajstić information content (AvgIpc) is 3.02. The third kappa shape index (κ3) is 6.53. The van der Waals surface area contributed by atoms with Crippen molar-refractivity contribution in [3.8, 4) is 0 Å². The van der Waals surface area contributed by atoms with E-state index < -0.39 is 0 Å². The zero-order chi connectivity index (χ0) is 22.2. The second kappa shape index (κ2) is 10.9. The molecule has 3 aromatic rings. The Morgan fingerprint density at radius 1 is 1.16 bits per heavy atom. The van der Waals surface area contributed by atoms with Crippen LogP contribution < -0.4 is 0 Å². The Kier molecular flexibility index (Phi) is 8.01. The molecule has 6 heteroatoms. The van der Waals surface area contributed by atoms with Crippen molar-refractivity contribution in [1.29, 1.82) is 0 Å². The van der Waals surface area contributed by atoms with Gasteiger partial charge in [-0.05, 0) is 42.5 Å². The summed E-state index contributed by atoms with van der Waals surface area (Å²) in [5.41, 5.74) is 3.80. The molecule has 0 radical (unpaired) electrons. The lowest BCUT2D eigenvalue weighted by Gasteiger charge is -2.21. The fourth-order valence-electron chi connectivity index (χ4n) is 3.37. The summed E-state index contributed by atoms with van der Waals surface area (Å²) in [5, 5.41) is 5.09. The van der Waals surface area contributed by atoms with Crippen molar-refractivity contribution in [2.45, 2.75) is 40.3 Å². The minimum atomic E-state index is -0.0631. The van der Waals surface area contributed by atoms with E-state index in [1.165, 1.54) is 5.56 Å². The minimum absolute atomic E-state index is 0.0631. The summed E-state index contributed by atoms with van der Waals surface area (Å²) in [7, 11) is 0. The highest BCUT2D eigenvalue weighted by molar-refractivity contribution is 6.31. The van der Waals surface area contributed by atoms with Crippen LogP contribution in [0.5, 0.6) is 0 Å². The van der Waals surface area contributed by atoms with Gasteiger partial charge < -0.3 is 4.90 Å². The van der Waals surface area contributed by atoms with Crippen molar-refractivity contribution in [3.05, 3.63) is 88.5 Å². The van der Waals surface area contributed by atoms with Crippen molar-refractivity contribution in [1.82, 2.24) is 19.7 Å². The summed E-state index contributed by atoms with van der Waals surface area (Å²) in [5.74, 6) is 0.370. The Morgan fingerprint density at radius 3 is 2.58 bits per heavy atom. The molecule has 0 N–H and O–H groups in total. The topological polar surface area (TPSA) is 51.0 Å². The molecule has 0 bridgehead atoms. The third-order valence-corrected chi connectivity index (χ3v) is 5.36. The Morgan fingerprint density at radius 2 is 1.90 bits per heavy atom. The van der Waals surface area contributed by atoms with Crippen LogP contribution in [0.1, 0.15) is 36.2 Å². The van der Waals surface area contributed by atoms with Gasteiger partial charge in [0, 0.05) is 43.7 Å². The van der Waals surface area contributed by atoms with Gasteiger partial charge in [-0.2, -0.15) is 5.10 Å². The number of carbonyl (C=O) groups is 1. The Hall–Kier alpha value is -2.92. The maximum absolute atomic E-state index is 13.1. The van der Waals surface area contributed by atoms with E-state index in [0.717, 1.165) is 29.8 Å². The van der Waals surface area contributed by atoms with E-state index >= 15 is 0 Å². The molecule has 0 spiro atoms. The molecule has 162 valence electrons. The van der Waals surface area contributed by atoms with Gasteiger partial charge in [0.15, 0.2) is 0 Å². The molecule has 0 fully saturated rings. The van der Waals surface area contributed by atoms with Gasteiger partial charge in [-0.25, -0.2) is 0 Å². The molecule has 5 nitrogen and oxygen atoms in total. The van der Waals surface area contributed by atoms with Crippen LogP contribution in [0.25, 0.3) is 6.08 Å². The molecule has 0 aliphatic heterocycles. The van der Waals surface area contributed by atoms with E-state index in [1.807, 2.05) is 42.2 Å². The summed E-state index contributed by atoms with van der Waals surface area (Å²) in [4.78, 5) is 19.1. The molecule has 0 atom stereocenters. The average molecular weight is 437 g/mol. The molecule has 2 aromatic heterocycles.